The third-order valence-electron chi connectivity index (χ3n) is 4.45. The van der Waals surface area contributed by atoms with Crippen LogP contribution >= 0.6 is 0 Å². The number of nitrogens with one attached hydrogen (secondary N) is 1. The lowest BCUT2D eigenvalue weighted by molar-refractivity contribution is -0.239. The van der Waals surface area contributed by atoms with Gasteiger partial charge < -0.3 is 24.7 Å². The summed E-state index contributed by atoms with van der Waals surface area (Å²) in [7, 11) is 3.23. The summed E-state index contributed by atoms with van der Waals surface area (Å²) < 4.78 is 24.5. The zero-order valence-corrected chi connectivity index (χ0v) is 14.5. The number of methoxy groups -OCH3 is 2. The Bertz CT molecular complexity index is 786. The van der Waals surface area contributed by atoms with Crippen LogP contribution in [-0.2, 0) is 18.9 Å². The first-order valence-electron chi connectivity index (χ1n) is 8.00. The van der Waals surface area contributed by atoms with Crippen molar-refractivity contribution in [2.45, 2.75) is 31.3 Å². The standard InChI is InChI=1S/C15H23N5O5/c1-9(20-8-17-11-12(20)18-14(16)19-13(11)21)25-15(7-22-2)4-5-24-6-10(15)23-3/h8-10H,4-7H2,1-3H3,(H3,16,18,19,21)/t9?,10?,15-/m1/s1. The van der Waals surface area contributed by atoms with Gasteiger partial charge in [0.1, 0.15) is 17.9 Å². The van der Waals surface area contributed by atoms with Crippen molar-refractivity contribution < 1.29 is 18.9 Å². The normalized spacial score (nSPS) is 25.3. The Morgan fingerprint density at radius 3 is 3.08 bits per heavy atom. The summed E-state index contributed by atoms with van der Waals surface area (Å²) in [5.74, 6) is 0.0267. The van der Waals surface area contributed by atoms with Crippen LogP contribution in [0.15, 0.2) is 11.1 Å². The minimum Gasteiger partial charge on any atom is -0.382 e. The predicted octanol–water partition coefficient (Wildman–Crippen LogP) is 0.0574. The summed E-state index contributed by atoms with van der Waals surface area (Å²) in [5, 5.41) is 0. The van der Waals surface area contributed by atoms with Crippen molar-refractivity contribution in [1.82, 2.24) is 19.5 Å². The van der Waals surface area contributed by atoms with E-state index in [-0.39, 0.29) is 23.1 Å². The summed E-state index contributed by atoms with van der Waals surface area (Å²) in [6, 6.07) is 0. The van der Waals surface area contributed by atoms with E-state index in [1.54, 1.807) is 18.8 Å². The average Bonchev–Trinajstić information content (AvgIpc) is 2.99. The zero-order valence-electron chi connectivity index (χ0n) is 14.5. The lowest BCUT2D eigenvalue weighted by Crippen LogP contribution is -2.56. The van der Waals surface area contributed by atoms with Gasteiger partial charge in [-0.2, -0.15) is 4.98 Å². The molecule has 0 aromatic carbocycles. The minimum atomic E-state index is -0.676. The van der Waals surface area contributed by atoms with Crippen molar-refractivity contribution in [3.05, 3.63) is 16.7 Å². The summed E-state index contributed by atoms with van der Waals surface area (Å²) in [4.78, 5) is 22.7. The Morgan fingerprint density at radius 2 is 2.36 bits per heavy atom. The van der Waals surface area contributed by atoms with Crippen LogP contribution in [0.4, 0.5) is 5.95 Å². The van der Waals surface area contributed by atoms with Crippen LogP contribution in [0.1, 0.15) is 19.6 Å². The molecule has 10 heteroatoms. The largest absolute Gasteiger partial charge is 0.382 e. The minimum absolute atomic E-state index is 0.0267. The number of aromatic nitrogens is 4. The second kappa shape index (κ2) is 7.08. The van der Waals surface area contributed by atoms with E-state index >= 15 is 0 Å². The van der Waals surface area contributed by atoms with Crippen LogP contribution in [-0.4, -0.2) is 65.3 Å². The number of hydrogen-bond acceptors (Lipinski definition) is 8. The second-order valence-corrected chi connectivity index (χ2v) is 6.04. The van der Waals surface area contributed by atoms with Gasteiger partial charge in [0.25, 0.3) is 5.56 Å². The molecule has 25 heavy (non-hydrogen) atoms. The molecule has 0 saturated carbocycles. The number of anilines is 1. The molecule has 0 radical (unpaired) electrons. The Hall–Kier alpha value is -2.01. The first-order chi connectivity index (χ1) is 12.0. The fourth-order valence-corrected chi connectivity index (χ4v) is 3.21. The first kappa shape index (κ1) is 17.8. The summed E-state index contributed by atoms with van der Waals surface area (Å²) in [6.07, 6.45) is 1.38. The highest BCUT2D eigenvalue weighted by molar-refractivity contribution is 5.70. The Morgan fingerprint density at radius 1 is 1.56 bits per heavy atom. The molecule has 1 aliphatic heterocycles. The molecule has 1 aliphatic rings. The number of H-pyrrole nitrogens is 1. The molecule has 3 heterocycles. The van der Waals surface area contributed by atoms with Gasteiger partial charge in [0.15, 0.2) is 11.2 Å². The highest BCUT2D eigenvalue weighted by atomic mass is 16.6. The molecule has 2 aromatic rings. The molecule has 3 rings (SSSR count). The molecule has 0 spiro atoms. The molecule has 3 atom stereocenters. The first-order valence-corrected chi connectivity index (χ1v) is 8.00. The van der Waals surface area contributed by atoms with E-state index in [4.69, 9.17) is 24.7 Å². The molecule has 2 aromatic heterocycles. The summed E-state index contributed by atoms with van der Waals surface area (Å²) in [5.41, 5.74) is 5.16. The number of aromatic amines is 1. The van der Waals surface area contributed by atoms with Gasteiger partial charge in [-0.15, -0.1) is 0 Å². The van der Waals surface area contributed by atoms with E-state index in [0.29, 0.717) is 31.9 Å². The molecule has 2 unspecified atom stereocenters. The van der Waals surface area contributed by atoms with Gasteiger partial charge in [0.2, 0.25) is 5.95 Å². The monoisotopic (exact) mass is 353 g/mol. The van der Waals surface area contributed by atoms with E-state index in [1.165, 1.54) is 6.33 Å². The molecule has 0 bridgehead atoms. The molecule has 10 nitrogen and oxygen atoms in total. The lowest BCUT2D eigenvalue weighted by atomic mass is 9.91. The fraction of sp³-hybridized carbons (Fsp3) is 0.667. The molecule has 138 valence electrons. The van der Waals surface area contributed by atoms with E-state index in [2.05, 4.69) is 15.0 Å². The molecule has 1 fully saturated rings. The van der Waals surface area contributed by atoms with Crippen molar-refractivity contribution in [2.24, 2.45) is 0 Å². The summed E-state index contributed by atoms with van der Waals surface area (Å²) in [6.45, 7) is 3.16. The topological polar surface area (TPSA) is 127 Å². The van der Waals surface area contributed by atoms with Gasteiger partial charge in [0, 0.05) is 27.2 Å². The molecule has 0 amide bonds. The number of hydrogen-bond donors (Lipinski definition) is 2. The van der Waals surface area contributed by atoms with Crippen LogP contribution in [0.5, 0.6) is 0 Å². The van der Waals surface area contributed by atoms with Crippen molar-refractivity contribution in [3.8, 4) is 0 Å². The van der Waals surface area contributed by atoms with Crippen molar-refractivity contribution in [1.29, 1.82) is 0 Å². The van der Waals surface area contributed by atoms with Gasteiger partial charge in [0.05, 0.1) is 19.5 Å². The maximum Gasteiger partial charge on any atom is 0.280 e. The number of fused-ring (bicyclic) bond motifs is 1. The molecular formula is C15H23N5O5. The molecule has 3 N–H and O–H groups in total. The van der Waals surface area contributed by atoms with Crippen LogP contribution in [0.2, 0.25) is 0 Å². The van der Waals surface area contributed by atoms with Gasteiger partial charge in [-0.1, -0.05) is 0 Å². The maximum absolute atomic E-state index is 11.9. The second-order valence-electron chi connectivity index (χ2n) is 6.04. The fourth-order valence-electron chi connectivity index (χ4n) is 3.21. The quantitative estimate of drug-likeness (QED) is 0.746. The third-order valence-corrected chi connectivity index (χ3v) is 4.45. The molecule has 0 aliphatic carbocycles. The van der Waals surface area contributed by atoms with Crippen molar-refractivity contribution >= 4 is 17.1 Å². The van der Waals surface area contributed by atoms with E-state index in [1.807, 2.05) is 6.92 Å². The molecular weight excluding hydrogens is 330 g/mol. The van der Waals surface area contributed by atoms with Crippen molar-refractivity contribution in [2.75, 3.05) is 39.8 Å². The smallest absolute Gasteiger partial charge is 0.280 e. The van der Waals surface area contributed by atoms with Crippen LogP contribution < -0.4 is 11.3 Å². The Labute approximate surface area is 144 Å². The van der Waals surface area contributed by atoms with Crippen LogP contribution in [0.3, 0.4) is 0 Å². The van der Waals surface area contributed by atoms with Gasteiger partial charge >= 0.3 is 0 Å². The SMILES string of the molecule is COC[C@]1(OC(C)n2cnc3c(=O)[nH]c(N)nc32)CCOCC1OC. The zero-order chi connectivity index (χ0) is 18.0. The number of nitrogen functional groups attached to an aromatic ring is 1. The number of nitrogens with two attached hydrogens (primary N) is 1. The van der Waals surface area contributed by atoms with E-state index < -0.39 is 11.8 Å². The third kappa shape index (κ3) is 3.25. The average molecular weight is 353 g/mol. The van der Waals surface area contributed by atoms with E-state index in [9.17, 15) is 4.79 Å². The highest BCUT2D eigenvalue weighted by Gasteiger charge is 2.45. The van der Waals surface area contributed by atoms with Gasteiger partial charge in [-0.25, -0.2) is 4.98 Å². The number of imidazole rings is 1. The number of rotatable bonds is 6. The summed E-state index contributed by atoms with van der Waals surface area (Å²) >= 11 is 0. The van der Waals surface area contributed by atoms with Crippen molar-refractivity contribution in [3.63, 3.8) is 0 Å². The lowest BCUT2D eigenvalue weighted by Gasteiger charge is -2.43. The molecule has 1 saturated heterocycles. The highest BCUT2D eigenvalue weighted by Crippen LogP contribution is 2.32. The van der Waals surface area contributed by atoms with Gasteiger partial charge in [-0.05, 0) is 6.92 Å². The predicted molar refractivity (Wildman–Crippen MR) is 89.2 cm³/mol. The Balaban J connectivity index is 1.94. The van der Waals surface area contributed by atoms with E-state index in [0.717, 1.165) is 0 Å². The van der Waals surface area contributed by atoms with Gasteiger partial charge in [-0.3, -0.25) is 14.3 Å². The number of ether oxygens (including phenoxy) is 4. The van der Waals surface area contributed by atoms with Crippen LogP contribution in [0, 0.1) is 0 Å². The van der Waals surface area contributed by atoms with Crippen LogP contribution in [0.25, 0.3) is 11.2 Å². The number of nitrogens with zero attached hydrogens (tertiary/aromatic N) is 3. The maximum atomic E-state index is 11.9. The Kier molecular flexibility index (Phi) is 5.04.